The van der Waals surface area contributed by atoms with Gasteiger partial charge in [-0.25, -0.2) is 0 Å². The van der Waals surface area contributed by atoms with E-state index >= 15 is 0 Å². The van der Waals surface area contributed by atoms with Crippen molar-refractivity contribution in [1.29, 1.82) is 0 Å². The van der Waals surface area contributed by atoms with Crippen molar-refractivity contribution in [3.05, 3.63) is 23.8 Å². The van der Waals surface area contributed by atoms with Crippen LogP contribution in [0.5, 0.6) is 11.5 Å². The highest BCUT2D eigenvalue weighted by atomic mass is 16.6. The van der Waals surface area contributed by atoms with Crippen LogP contribution >= 0.6 is 0 Å². The smallest absolute Gasteiger partial charge is 0.161 e. The molecule has 1 aromatic rings. The number of nitrogens with one attached hydrogen (secondary N) is 1. The molecule has 1 fully saturated rings. The molecule has 1 heterocycles. The Hall–Kier alpha value is -1.22. The van der Waals surface area contributed by atoms with Crippen LogP contribution < -0.4 is 14.8 Å². The summed E-state index contributed by atoms with van der Waals surface area (Å²) in [5, 5.41) is 3.68. The van der Waals surface area contributed by atoms with E-state index in [0.717, 1.165) is 24.1 Å². The second kappa shape index (κ2) is 6.04. The van der Waals surface area contributed by atoms with Gasteiger partial charge in [0, 0.05) is 12.6 Å². The fourth-order valence-electron chi connectivity index (χ4n) is 2.80. The van der Waals surface area contributed by atoms with E-state index in [1.165, 1.54) is 24.8 Å². The molecular weight excluding hydrogens is 250 g/mol. The third-order valence-electron chi connectivity index (χ3n) is 4.53. The molecule has 20 heavy (non-hydrogen) atoms. The zero-order chi connectivity index (χ0) is 13.9. The highest BCUT2D eigenvalue weighted by Crippen LogP contribution is 2.36. The van der Waals surface area contributed by atoms with Crippen molar-refractivity contribution in [2.75, 3.05) is 19.8 Å². The van der Waals surface area contributed by atoms with Crippen molar-refractivity contribution in [1.82, 2.24) is 5.32 Å². The summed E-state index contributed by atoms with van der Waals surface area (Å²) in [4.78, 5) is 0. The number of ether oxygens (including phenoxy) is 2. The first-order chi connectivity index (χ1) is 9.78. The van der Waals surface area contributed by atoms with Gasteiger partial charge in [-0.05, 0) is 42.4 Å². The van der Waals surface area contributed by atoms with E-state index in [2.05, 4.69) is 37.4 Å². The molecule has 0 spiro atoms. The lowest BCUT2D eigenvalue weighted by molar-refractivity contribution is 0.171. The summed E-state index contributed by atoms with van der Waals surface area (Å²) < 4.78 is 11.3. The molecule has 0 aromatic heterocycles. The maximum Gasteiger partial charge on any atom is 0.161 e. The molecule has 2 unspecified atom stereocenters. The van der Waals surface area contributed by atoms with Gasteiger partial charge in [-0.1, -0.05) is 26.3 Å². The SMILES string of the molecule is CCC(C)C(CNC1CC1)c1ccc2c(c1)OCCO2. The summed E-state index contributed by atoms with van der Waals surface area (Å²) in [6.07, 6.45) is 3.88. The lowest BCUT2D eigenvalue weighted by Crippen LogP contribution is -2.27. The number of hydrogen-bond acceptors (Lipinski definition) is 3. The van der Waals surface area contributed by atoms with E-state index in [9.17, 15) is 0 Å². The van der Waals surface area contributed by atoms with Gasteiger partial charge in [0.15, 0.2) is 11.5 Å². The maximum atomic E-state index is 5.72. The Morgan fingerprint density at radius 3 is 2.65 bits per heavy atom. The Labute approximate surface area is 121 Å². The fourth-order valence-corrected chi connectivity index (χ4v) is 2.80. The average Bonchev–Trinajstić information content (AvgIpc) is 3.31. The Morgan fingerprint density at radius 1 is 1.20 bits per heavy atom. The monoisotopic (exact) mass is 275 g/mol. The van der Waals surface area contributed by atoms with Crippen LogP contribution in [0, 0.1) is 5.92 Å². The van der Waals surface area contributed by atoms with Crippen LogP contribution in [0.2, 0.25) is 0 Å². The molecule has 1 aliphatic heterocycles. The molecule has 2 atom stereocenters. The van der Waals surface area contributed by atoms with E-state index in [-0.39, 0.29) is 0 Å². The molecule has 3 heteroatoms. The van der Waals surface area contributed by atoms with Gasteiger partial charge in [0.1, 0.15) is 13.2 Å². The summed E-state index contributed by atoms with van der Waals surface area (Å²) in [6, 6.07) is 7.22. The predicted molar refractivity (Wildman–Crippen MR) is 80.7 cm³/mol. The minimum atomic E-state index is 0.552. The third-order valence-corrected chi connectivity index (χ3v) is 4.53. The molecule has 1 aromatic carbocycles. The fraction of sp³-hybridized carbons (Fsp3) is 0.647. The van der Waals surface area contributed by atoms with E-state index in [1.807, 2.05) is 0 Å². The maximum absolute atomic E-state index is 5.72. The summed E-state index contributed by atoms with van der Waals surface area (Å²) in [5.41, 5.74) is 1.37. The van der Waals surface area contributed by atoms with Gasteiger partial charge in [-0.15, -0.1) is 0 Å². The molecule has 0 saturated heterocycles. The van der Waals surface area contributed by atoms with Crippen molar-refractivity contribution in [3.8, 4) is 11.5 Å². The van der Waals surface area contributed by atoms with E-state index in [1.54, 1.807) is 0 Å². The van der Waals surface area contributed by atoms with Crippen LogP contribution in [0.25, 0.3) is 0 Å². The van der Waals surface area contributed by atoms with Gasteiger partial charge in [-0.3, -0.25) is 0 Å². The molecule has 0 radical (unpaired) electrons. The number of hydrogen-bond donors (Lipinski definition) is 1. The number of fused-ring (bicyclic) bond motifs is 1. The van der Waals surface area contributed by atoms with Crippen LogP contribution in [-0.4, -0.2) is 25.8 Å². The number of benzene rings is 1. The zero-order valence-electron chi connectivity index (χ0n) is 12.5. The van der Waals surface area contributed by atoms with Gasteiger partial charge in [0.05, 0.1) is 0 Å². The van der Waals surface area contributed by atoms with Crippen LogP contribution in [0.3, 0.4) is 0 Å². The largest absolute Gasteiger partial charge is 0.486 e. The quantitative estimate of drug-likeness (QED) is 0.863. The van der Waals surface area contributed by atoms with Gasteiger partial charge in [0.25, 0.3) is 0 Å². The second-order valence-corrected chi connectivity index (χ2v) is 6.08. The normalized spacial score (nSPS) is 20.5. The first kappa shape index (κ1) is 13.7. The van der Waals surface area contributed by atoms with E-state index < -0.39 is 0 Å². The molecular formula is C17H25NO2. The lowest BCUT2D eigenvalue weighted by atomic mass is 9.85. The lowest BCUT2D eigenvalue weighted by Gasteiger charge is -2.26. The molecule has 0 amide bonds. The second-order valence-electron chi connectivity index (χ2n) is 6.08. The van der Waals surface area contributed by atoms with Crippen LogP contribution in [0.1, 0.15) is 44.6 Å². The van der Waals surface area contributed by atoms with Gasteiger partial charge < -0.3 is 14.8 Å². The third kappa shape index (κ3) is 3.09. The Morgan fingerprint density at radius 2 is 1.95 bits per heavy atom. The molecule has 3 rings (SSSR count). The van der Waals surface area contributed by atoms with Crippen molar-refractivity contribution in [2.24, 2.45) is 5.92 Å². The van der Waals surface area contributed by atoms with Crippen molar-refractivity contribution < 1.29 is 9.47 Å². The predicted octanol–water partition coefficient (Wildman–Crippen LogP) is 3.34. The Balaban J connectivity index is 1.77. The van der Waals surface area contributed by atoms with Crippen LogP contribution in [0.15, 0.2) is 18.2 Å². The highest BCUT2D eigenvalue weighted by molar-refractivity contribution is 5.45. The molecule has 2 aliphatic rings. The summed E-state index contributed by atoms with van der Waals surface area (Å²) >= 11 is 0. The average molecular weight is 275 g/mol. The summed E-state index contributed by atoms with van der Waals surface area (Å²) in [7, 11) is 0. The first-order valence-electron chi connectivity index (χ1n) is 7.91. The summed E-state index contributed by atoms with van der Waals surface area (Å²) in [5.74, 6) is 3.02. The standard InChI is InChI=1S/C17H25NO2/c1-3-12(2)15(11-18-14-5-6-14)13-4-7-16-17(10-13)20-9-8-19-16/h4,7,10,12,14-15,18H,3,5-6,8-9,11H2,1-2H3. The van der Waals surface area contributed by atoms with Crippen LogP contribution in [-0.2, 0) is 0 Å². The minimum absolute atomic E-state index is 0.552. The molecule has 1 saturated carbocycles. The van der Waals surface area contributed by atoms with Gasteiger partial charge in [0.2, 0.25) is 0 Å². The topological polar surface area (TPSA) is 30.5 Å². The highest BCUT2D eigenvalue weighted by Gasteiger charge is 2.25. The summed E-state index contributed by atoms with van der Waals surface area (Å²) in [6.45, 7) is 7.00. The zero-order valence-corrected chi connectivity index (χ0v) is 12.5. The first-order valence-corrected chi connectivity index (χ1v) is 7.91. The molecule has 1 aliphatic carbocycles. The van der Waals surface area contributed by atoms with Crippen molar-refractivity contribution in [2.45, 2.75) is 45.1 Å². The molecule has 0 bridgehead atoms. The van der Waals surface area contributed by atoms with Gasteiger partial charge in [-0.2, -0.15) is 0 Å². The molecule has 3 nitrogen and oxygen atoms in total. The Kier molecular flexibility index (Phi) is 4.16. The molecule has 1 N–H and O–H groups in total. The van der Waals surface area contributed by atoms with E-state index in [4.69, 9.17) is 9.47 Å². The van der Waals surface area contributed by atoms with Gasteiger partial charge >= 0.3 is 0 Å². The Bertz CT molecular complexity index is 456. The number of rotatable bonds is 6. The molecule has 110 valence electrons. The van der Waals surface area contributed by atoms with Crippen molar-refractivity contribution >= 4 is 0 Å². The van der Waals surface area contributed by atoms with Crippen LogP contribution in [0.4, 0.5) is 0 Å². The van der Waals surface area contributed by atoms with Crippen molar-refractivity contribution in [3.63, 3.8) is 0 Å². The minimum Gasteiger partial charge on any atom is -0.486 e. The van der Waals surface area contributed by atoms with E-state index in [0.29, 0.717) is 25.0 Å².